The number of carbonyl (C=O) groups is 1. The number of ether oxygens (including phenoxy) is 1. The van der Waals surface area contributed by atoms with Crippen molar-refractivity contribution in [3.8, 4) is 0 Å². The van der Waals surface area contributed by atoms with Crippen molar-refractivity contribution in [3.05, 3.63) is 10.6 Å². The zero-order valence-corrected chi connectivity index (χ0v) is 7.77. The zero-order valence-electron chi connectivity index (χ0n) is 6.19. The van der Waals surface area contributed by atoms with Crippen LogP contribution in [0.25, 0.3) is 0 Å². The Morgan fingerprint density at radius 2 is 2.30 bits per heavy atom. The number of halogens is 1. The predicted octanol–water partition coefficient (Wildman–Crippen LogP) is 2.24. The Balaban J connectivity index is 3.80. The van der Waals surface area contributed by atoms with Gasteiger partial charge < -0.3 is 4.74 Å². The molecule has 0 saturated heterocycles. The lowest BCUT2D eigenvalue weighted by molar-refractivity contribution is -0.135. The van der Waals surface area contributed by atoms with E-state index in [1.165, 1.54) is 7.11 Å². The van der Waals surface area contributed by atoms with Crippen LogP contribution >= 0.6 is 15.9 Å². The minimum atomic E-state index is -0.312. The molecule has 3 heteroatoms. The maximum Gasteiger partial charge on any atom is 0.344 e. The van der Waals surface area contributed by atoms with Crippen LogP contribution in [0, 0.1) is 0 Å². The third kappa shape index (κ3) is 3.67. The van der Waals surface area contributed by atoms with E-state index in [-0.39, 0.29) is 5.97 Å². The third-order valence-electron chi connectivity index (χ3n) is 0.993. The first kappa shape index (κ1) is 9.69. The lowest BCUT2D eigenvalue weighted by Gasteiger charge is -1.94. The summed E-state index contributed by atoms with van der Waals surface area (Å²) in [6.45, 7) is 2.05. The molecule has 0 aliphatic carbocycles. The van der Waals surface area contributed by atoms with Gasteiger partial charge in [0.05, 0.1) is 11.6 Å². The van der Waals surface area contributed by atoms with Crippen molar-refractivity contribution in [3.63, 3.8) is 0 Å². The smallest absolute Gasteiger partial charge is 0.344 e. The van der Waals surface area contributed by atoms with Crippen molar-refractivity contribution in [2.45, 2.75) is 19.8 Å². The van der Waals surface area contributed by atoms with Crippen molar-refractivity contribution in [2.75, 3.05) is 7.11 Å². The molecule has 0 rings (SSSR count). The normalized spacial score (nSPS) is 11.3. The summed E-state index contributed by atoms with van der Waals surface area (Å²) in [6, 6.07) is 0. The molecule has 0 aliphatic heterocycles. The van der Waals surface area contributed by atoms with Crippen LogP contribution in [-0.4, -0.2) is 13.1 Å². The van der Waals surface area contributed by atoms with Gasteiger partial charge in [0.15, 0.2) is 0 Å². The van der Waals surface area contributed by atoms with Gasteiger partial charge in [-0.3, -0.25) is 0 Å². The van der Waals surface area contributed by atoms with Crippen LogP contribution in [0.3, 0.4) is 0 Å². The third-order valence-corrected chi connectivity index (χ3v) is 1.64. The second-order valence-electron chi connectivity index (χ2n) is 1.83. The van der Waals surface area contributed by atoms with Crippen molar-refractivity contribution in [1.82, 2.24) is 0 Å². The molecule has 0 spiro atoms. The Bertz CT molecular complexity index is 141. The topological polar surface area (TPSA) is 26.3 Å². The fourth-order valence-corrected chi connectivity index (χ4v) is 0.843. The van der Waals surface area contributed by atoms with Crippen molar-refractivity contribution in [1.29, 1.82) is 0 Å². The summed E-state index contributed by atoms with van der Waals surface area (Å²) in [6.07, 6.45) is 3.74. The van der Waals surface area contributed by atoms with Gasteiger partial charge in [-0.25, -0.2) is 4.79 Å². The van der Waals surface area contributed by atoms with Crippen LogP contribution in [0.4, 0.5) is 0 Å². The molecule has 58 valence electrons. The molecule has 10 heavy (non-hydrogen) atoms. The van der Waals surface area contributed by atoms with E-state index in [2.05, 4.69) is 20.7 Å². The number of methoxy groups -OCH3 is 1. The molecule has 0 aromatic carbocycles. The molecule has 0 bridgehead atoms. The Kier molecular flexibility index (Phi) is 5.30. The summed E-state index contributed by atoms with van der Waals surface area (Å²) >= 11 is 3.09. The highest BCUT2D eigenvalue weighted by Crippen LogP contribution is 2.08. The lowest BCUT2D eigenvalue weighted by Crippen LogP contribution is -1.98. The standard InChI is InChI=1S/C7H11BrO2/c1-3-4-5-6(8)7(9)10-2/h5H,3-4H2,1-2H3/b6-5+. The number of rotatable bonds is 3. The molecular weight excluding hydrogens is 196 g/mol. The lowest BCUT2D eigenvalue weighted by atomic mass is 10.3. The number of hydrogen-bond acceptors (Lipinski definition) is 2. The van der Waals surface area contributed by atoms with Crippen LogP contribution in [0.2, 0.25) is 0 Å². The van der Waals surface area contributed by atoms with Crippen LogP contribution in [-0.2, 0) is 9.53 Å². The van der Waals surface area contributed by atoms with E-state index in [0.717, 1.165) is 12.8 Å². The molecular formula is C7H11BrO2. The highest BCUT2D eigenvalue weighted by molar-refractivity contribution is 9.12. The van der Waals surface area contributed by atoms with Gasteiger partial charge in [0.2, 0.25) is 0 Å². The number of allylic oxidation sites excluding steroid dienone is 1. The van der Waals surface area contributed by atoms with Gasteiger partial charge in [0, 0.05) is 0 Å². The first-order valence-corrected chi connectivity index (χ1v) is 3.95. The van der Waals surface area contributed by atoms with Crippen LogP contribution in [0.5, 0.6) is 0 Å². The maximum atomic E-state index is 10.7. The van der Waals surface area contributed by atoms with E-state index in [9.17, 15) is 4.79 Å². The number of carbonyl (C=O) groups excluding carboxylic acids is 1. The first-order valence-electron chi connectivity index (χ1n) is 3.16. The fraction of sp³-hybridized carbons (Fsp3) is 0.571. The highest BCUT2D eigenvalue weighted by atomic mass is 79.9. The maximum absolute atomic E-state index is 10.7. The van der Waals surface area contributed by atoms with E-state index >= 15 is 0 Å². The van der Waals surface area contributed by atoms with Crippen molar-refractivity contribution < 1.29 is 9.53 Å². The Morgan fingerprint density at radius 3 is 2.70 bits per heavy atom. The van der Waals surface area contributed by atoms with Gasteiger partial charge >= 0.3 is 5.97 Å². The monoisotopic (exact) mass is 206 g/mol. The number of unbranched alkanes of at least 4 members (excludes halogenated alkanes) is 1. The highest BCUT2D eigenvalue weighted by Gasteiger charge is 2.02. The van der Waals surface area contributed by atoms with E-state index in [0.29, 0.717) is 4.48 Å². The minimum Gasteiger partial charge on any atom is -0.465 e. The quantitative estimate of drug-likeness (QED) is 0.524. The number of esters is 1. The first-order chi connectivity index (χ1) is 4.72. The predicted molar refractivity (Wildman–Crippen MR) is 43.9 cm³/mol. The summed E-state index contributed by atoms with van der Waals surface area (Å²) in [5.41, 5.74) is 0. The van der Waals surface area contributed by atoms with Crippen LogP contribution in [0.1, 0.15) is 19.8 Å². The zero-order chi connectivity index (χ0) is 7.98. The van der Waals surface area contributed by atoms with E-state index < -0.39 is 0 Å². The molecule has 0 saturated carbocycles. The fourth-order valence-electron chi connectivity index (χ4n) is 0.452. The second-order valence-corrected chi connectivity index (χ2v) is 2.69. The number of hydrogen-bond donors (Lipinski definition) is 0. The molecule has 0 aliphatic rings. The molecule has 0 aromatic rings. The summed E-state index contributed by atoms with van der Waals surface area (Å²) in [7, 11) is 1.36. The Morgan fingerprint density at radius 1 is 1.70 bits per heavy atom. The molecule has 0 aromatic heterocycles. The van der Waals surface area contributed by atoms with Gasteiger partial charge in [0.1, 0.15) is 0 Å². The van der Waals surface area contributed by atoms with Gasteiger partial charge in [-0.15, -0.1) is 0 Å². The van der Waals surface area contributed by atoms with Crippen LogP contribution < -0.4 is 0 Å². The molecule has 0 amide bonds. The summed E-state index contributed by atoms with van der Waals surface area (Å²) in [4.78, 5) is 10.7. The van der Waals surface area contributed by atoms with Crippen molar-refractivity contribution >= 4 is 21.9 Å². The molecule has 2 nitrogen and oxygen atoms in total. The molecule has 0 heterocycles. The van der Waals surface area contributed by atoms with Gasteiger partial charge in [-0.05, 0) is 22.4 Å². The molecule has 0 N–H and O–H groups in total. The average Bonchev–Trinajstić information content (AvgIpc) is 1.98. The van der Waals surface area contributed by atoms with E-state index in [1.807, 2.05) is 13.0 Å². The van der Waals surface area contributed by atoms with Crippen LogP contribution in [0.15, 0.2) is 10.6 Å². The molecule has 0 unspecified atom stereocenters. The average molecular weight is 207 g/mol. The second kappa shape index (κ2) is 5.47. The van der Waals surface area contributed by atoms with Gasteiger partial charge in [-0.1, -0.05) is 19.4 Å². The van der Waals surface area contributed by atoms with E-state index in [4.69, 9.17) is 0 Å². The van der Waals surface area contributed by atoms with Crippen molar-refractivity contribution in [2.24, 2.45) is 0 Å². The summed E-state index contributed by atoms with van der Waals surface area (Å²) < 4.78 is 4.97. The molecule has 0 fully saturated rings. The Labute approximate surface area is 69.4 Å². The van der Waals surface area contributed by atoms with Gasteiger partial charge in [0.25, 0.3) is 0 Å². The van der Waals surface area contributed by atoms with Gasteiger partial charge in [-0.2, -0.15) is 0 Å². The largest absolute Gasteiger partial charge is 0.465 e. The Hall–Kier alpha value is -0.310. The summed E-state index contributed by atoms with van der Waals surface area (Å²) in [5, 5.41) is 0. The minimum absolute atomic E-state index is 0.312. The molecule has 0 atom stereocenters. The summed E-state index contributed by atoms with van der Waals surface area (Å²) in [5.74, 6) is -0.312. The SMILES string of the molecule is CCC/C=C(/Br)C(=O)OC. The molecule has 0 radical (unpaired) electrons. The van der Waals surface area contributed by atoms with E-state index in [1.54, 1.807) is 0 Å².